The lowest BCUT2D eigenvalue weighted by atomic mass is 10.1. The van der Waals surface area contributed by atoms with Gasteiger partial charge < -0.3 is 14.8 Å². The number of nitrogens with one attached hydrogen (secondary N) is 1. The SMILES string of the molecule is COc1ccc(OC)c(NC(=O)C2C(C=C(C)C)C2(C)C)c1. The zero-order valence-electron chi connectivity index (χ0n) is 14.2. The van der Waals surface area contributed by atoms with Gasteiger partial charge in [0.2, 0.25) is 5.91 Å². The maximum Gasteiger partial charge on any atom is 0.228 e. The van der Waals surface area contributed by atoms with Crippen LogP contribution in [0.1, 0.15) is 27.7 Å². The highest BCUT2D eigenvalue weighted by molar-refractivity contribution is 5.97. The fourth-order valence-corrected chi connectivity index (χ4v) is 2.97. The Morgan fingerprint density at radius 1 is 1.23 bits per heavy atom. The number of ether oxygens (including phenoxy) is 2. The first kappa shape index (κ1) is 16.4. The lowest BCUT2D eigenvalue weighted by Crippen LogP contribution is -2.17. The van der Waals surface area contributed by atoms with E-state index in [9.17, 15) is 4.79 Å². The fraction of sp³-hybridized carbons (Fsp3) is 0.500. The second kappa shape index (κ2) is 6.03. The molecular weight excluding hydrogens is 278 g/mol. The van der Waals surface area contributed by atoms with Crippen molar-refractivity contribution in [2.45, 2.75) is 27.7 Å². The minimum Gasteiger partial charge on any atom is -0.497 e. The van der Waals surface area contributed by atoms with Crippen LogP contribution < -0.4 is 14.8 Å². The van der Waals surface area contributed by atoms with E-state index in [1.54, 1.807) is 26.4 Å². The van der Waals surface area contributed by atoms with Crippen LogP contribution in [0.15, 0.2) is 29.8 Å². The molecule has 1 fully saturated rings. The molecule has 2 atom stereocenters. The van der Waals surface area contributed by atoms with E-state index in [0.29, 0.717) is 17.2 Å². The molecule has 0 bridgehead atoms. The molecule has 1 aromatic rings. The van der Waals surface area contributed by atoms with Crippen LogP contribution in [0.5, 0.6) is 11.5 Å². The van der Waals surface area contributed by atoms with Gasteiger partial charge in [-0.2, -0.15) is 0 Å². The molecule has 1 aromatic carbocycles. The largest absolute Gasteiger partial charge is 0.497 e. The molecule has 0 aliphatic heterocycles. The molecule has 120 valence electrons. The third-order valence-corrected chi connectivity index (χ3v) is 4.37. The zero-order valence-corrected chi connectivity index (χ0v) is 14.2. The number of methoxy groups -OCH3 is 2. The van der Waals surface area contributed by atoms with Crippen molar-refractivity contribution < 1.29 is 14.3 Å². The number of carbonyl (C=O) groups is 1. The van der Waals surface area contributed by atoms with Gasteiger partial charge in [0.25, 0.3) is 0 Å². The molecule has 0 spiro atoms. The number of benzene rings is 1. The van der Waals surface area contributed by atoms with Gasteiger partial charge >= 0.3 is 0 Å². The Hall–Kier alpha value is -1.97. The highest BCUT2D eigenvalue weighted by Crippen LogP contribution is 2.59. The van der Waals surface area contributed by atoms with Crippen LogP contribution in [0.25, 0.3) is 0 Å². The Morgan fingerprint density at radius 3 is 2.45 bits per heavy atom. The van der Waals surface area contributed by atoms with Gasteiger partial charge in [-0.1, -0.05) is 25.5 Å². The molecule has 1 aliphatic carbocycles. The van der Waals surface area contributed by atoms with E-state index >= 15 is 0 Å². The number of hydrogen-bond donors (Lipinski definition) is 1. The van der Waals surface area contributed by atoms with Crippen LogP contribution in [0.2, 0.25) is 0 Å². The second-order valence-corrected chi connectivity index (χ2v) is 6.62. The van der Waals surface area contributed by atoms with Crippen molar-refractivity contribution in [1.82, 2.24) is 0 Å². The quantitative estimate of drug-likeness (QED) is 0.840. The minimum atomic E-state index is -0.0155. The average Bonchev–Trinajstić information content (AvgIpc) is 2.98. The molecular formula is C18H25NO3. The van der Waals surface area contributed by atoms with E-state index in [2.05, 4.69) is 39.1 Å². The molecule has 1 saturated carbocycles. The van der Waals surface area contributed by atoms with Crippen LogP contribution in [-0.2, 0) is 4.79 Å². The predicted octanol–water partition coefficient (Wildman–Crippen LogP) is 3.88. The van der Waals surface area contributed by atoms with Crippen molar-refractivity contribution >= 4 is 11.6 Å². The summed E-state index contributed by atoms with van der Waals surface area (Å²) in [6.45, 7) is 8.39. The van der Waals surface area contributed by atoms with Crippen LogP contribution in [-0.4, -0.2) is 20.1 Å². The number of carbonyl (C=O) groups excluding carboxylic acids is 1. The average molecular weight is 303 g/mol. The monoisotopic (exact) mass is 303 g/mol. The Balaban J connectivity index is 2.18. The first-order valence-electron chi connectivity index (χ1n) is 7.49. The molecule has 1 amide bonds. The van der Waals surface area contributed by atoms with Crippen molar-refractivity contribution in [3.05, 3.63) is 29.8 Å². The normalized spacial score (nSPS) is 21.7. The maximum atomic E-state index is 12.6. The van der Waals surface area contributed by atoms with Gasteiger partial charge in [0.05, 0.1) is 25.8 Å². The summed E-state index contributed by atoms with van der Waals surface area (Å²) in [6, 6.07) is 5.38. The van der Waals surface area contributed by atoms with Gasteiger partial charge in [-0.15, -0.1) is 0 Å². The molecule has 4 heteroatoms. The summed E-state index contributed by atoms with van der Waals surface area (Å²) in [5.74, 6) is 1.62. The summed E-state index contributed by atoms with van der Waals surface area (Å²) in [7, 11) is 3.19. The standard InChI is InChI=1S/C18H25NO3/c1-11(2)9-13-16(18(13,3)4)17(20)19-14-10-12(21-5)7-8-15(14)22-6/h7-10,13,16H,1-6H3,(H,19,20). The Labute approximate surface area is 132 Å². The molecule has 2 rings (SSSR count). The molecule has 0 saturated heterocycles. The van der Waals surface area contributed by atoms with Crippen molar-refractivity contribution in [3.8, 4) is 11.5 Å². The zero-order chi connectivity index (χ0) is 16.5. The second-order valence-electron chi connectivity index (χ2n) is 6.62. The van der Waals surface area contributed by atoms with Crippen LogP contribution >= 0.6 is 0 Å². The van der Waals surface area contributed by atoms with Crippen molar-refractivity contribution in [3.63, 3.8) is 0 Å². The first-order valence-corrected chi connectivity index (χ1v) is 7.49. The van der Waals surface area contributed by atoms with E-state index in [4.69, 9.17) is 9.47 Å². The lowest BCUT2D eigenvalue weighted by molar-refractivity contribution is -0.118. The molecule has 1 N–H and O–H groups in total. The van der Waals surface area contributed by atoms with Crippen LogP contribution in [0, 0.1) is 17.3 Å². The van der Waals surface area contributed by atoms with Gasteiger partial charge in [0.1, 0.15) is 11.5 Å². The van der Waals surface area contributed by atoms with Crippen LogP contribution in [0.4, 0.5) is 5.69 Å². The van der Waals surface area contributed by atoms with E-state index < -0.39 is 0 Å². The fourth-order valence-electron chi connectivity index (χ4n) is 2.97. The highest BCUT2D eigenvalue weighted by Gasteiger charge is 2.60. The third kappa shape index (κ3) is 3.11. The van der Waals surface area contributed by atoms with Crippen molar-refractivity contribution in [1.29, 1.82) is 0 Å². The summed E-state index contributed by atoms with van der Waals surface area (Å²) < 4.78 is 10.5. The van der Waals surface area contributed by atoms with E-state index in [1.165, 1.54) is 5.57 Å². The molecule has 1 aliphatic rings. The van der Waals surface area contributed by atoms with Gasteiger partial charge in [0, 0.05) is 6.07 Å². The first-order chi connectivity index (χ1) is 10.3. The Morgan fingerprint density at radius 2 is 1.91 bits per heavy atom. The molecule has 4 nitrogen and oxygen atoms in total. The number of hydrogen-bond acceptors (Lipinski definition) is 3. The summed E-state index contributed by atoms with van der Waals surface area (Å²) >= 11 is 0. The van der Waals surface area contributed by atoms with Gasteiger partial charge in [-0.25, -0.2) is 0 Å². The predicted molar refractivity (Wildman–Crippen MR) is 88.4 cm³/mol. The third-order valence-electron chi connectivity index (χ3n) is 4.37. The molecule has 0 heterocycles. The summed E-state index contributed by atoms with van der Waals surface area (Å²) in [4.78, 5) is 12.6. The van der Waals surface area contributed by atoms with E-state index in [0.717, 1.165) is 0 Å². The van der Waals surface area contributed by atoms with Crippen molar-refractivity contribution in [2.24, 2.45) is 17.3 Å². The summed E-state index contributed by atoms with van der Waals surface area (Å²) in [5.41, 5.74) is 1.88. The number of amides is 1. The maximum absolute atomic E-state index is 12.6. The molecule has 22 heavy (non-hydrogen) atoms. The smallest absolute Gasteiger partial charge is 0.228 e. The van der Waals surface area contributed by atoms with Gasteiger partial charge in [-0.3, -0.25) is 4.79 Å². The summed E-state index contributed by atoms with van der Waals surface area (Å²) in [5, 5.41) is 2.98. The Kier molecular flexibility index (Phi) is 4.50. The number of anilines is 1. The van der Waals surface area contributed by atoms with Gasteiger partial charge in [0.15, 0.2) is 0 Å². The van der Waals surface area contributed by atoms with E-state index in [1.807, 2.05) is 6.07 Å². The van der Waals surface area contributed by atoms with Crippen molar-refractivity contribution in [2.75, 3.05) is 19.5 Å². The highest BCUT2D eigenvalue weighted by atomic mass is 16.5. The van der Waals surface area contributed by atoms with E-state index in [-0.39, 0.29) is 23.2 Å². The molecule has 0 aromatic heterocycles. The van der Waals surface area contributed by atoms with Crippen LogP contribution in [0.3, 0.4) is 0 Å². The molecule has 0 radical (unpaired) electrons. The minimum absolute atomic E-state index is 0.00649. The topological polar surface area (TPSA) is 47.6 Å². The number of allylic oxidation sites excluding steroid dienone is 2. The summed E-state index contributed by atoms with van der Waals surface area (Å²) in [6.07, 6.45) is 2.19. The van der Waals surface area contributed by atoms with Gasteiger partial charge in [-0.05, 0) is 37.3 Å². The Bertz CT molecular complexity index is 600. The molecule has 2 unspecified atom stereocenters. The lowest BCUT2D eigenvalue weighted by Gasteiger charge is -2.12. The number of rotatable bonds is 5.